The van der Waals surface area contributed by atoms with Gasteiger partial charge >= 0.3 is 0 Å². The maximum atomic E-state index is 11.2. The number of nitrogens with zero attached hydrogens (tertiary/aromatic N) is 2. The van der Waals surface area contributed by atoms with Crippen molar-refractivity contribution in [3.63, 3.8) is 0 Å². The molecular weight excluding hydrogens is 220 g/mol. The molecule has 0 radical (unpaired) electrons. The number of anilines is 1. The van der Waals surface area contributed by atoms with E-state index in [4.69, 9.17) is 0 Å². The normalized spacial score (nSPS) is 8.94. The zero-order chi connectivity index (χ0) is 13.4. The Bertz CT molecular complexity index is 374. The number of rotatable bonds is 3. The first-order valence-electron chi connectivity index (χ1n) is 5.58. The van der Waals surface area contributed by atoms with Gasteiger partial charge in [0.05, 0.1) is 4.92 Å². The van der Waals surface area contributed by atoms with Crippen LogP contribution >= 0.6 is 0 Å². The highest BCUT2D eigenvalue weighted by atomic mass is 16.6. The molecule has 1 aromatic rings. The van der Waals surface area contributed by atoms with Crippen molar-refractivity contribution in [2.45, 2.75) is 27.7 Å². The molecule has 0 aliphatic heterocycles. The lowest BCUT2D eigenvalue weighted by molar-refractivity contribution is -0.384. The first-order valence-corrected chi connectivity index (χ1v) is 5.58. The predicted molar refractivity (Wildman–Crippen MR) is 68.1 cm³/mol. The number of nitro groups is 1. The van der Waals surface area contributed by atoms with Gasteiger partial charge in [-0.3, -0.25) is 14.9 Å². The van der Waals surface area contributed by atoms with Crippen molar-refractivity contribution in [3.8, 4) is 0 Å². The third-order valence-corrected chi connectivity index (χ3v) is 2.07. The maximum absolute atomic E-state index is 11.2. The molecule has 0 bridgehead atoms. The summed E-state index contributed by atoms with van der Waals surface area (Å²) in [5.74, 6) is -0.0775. The minimum Gasteiger partial charge on any atom is -0.313 e. The summed E-state index contributed by atoms with van der Waals surface area (Å²) in [6.45, 7) is 7.86. The van der Waals surface area contributed by atoms with Crippen molar-refractivity contribution in [2.24, 2.45) is 0 Å². The van der Waals surface area contributed by atoms with E-state index in [-0.39, 0.29) is 11.6 Å². The average Bonchev–Trinajstić information content (AvgIpc) is 2.32. The van der Waals surface area contributed by atoms with Crippen molar-refractivity contribution >= 4 is 17.3 Å². The summed E-state index contributed by atoms with van der Waals surface area (Å²) in [4.78, 5) is 22.7. The Morgan fingerprint density at radius 3 is 2.06 bits per heavy atom. The minimum absolute atomic E-state index is 0.0263. The van der Waals surface area contributed by atoms with Gasteiger partial charge in [0.1, 0.15) is 0 Å². The second kappa shape index (κ2) is 7.38. The molecular formula is C12H18N2O3. The van der Waals surface area contributed by atoms with Gasteiger partial charge in [-0.25, -0.2) is 0 Å². The zero-order valence-electron chi connectivity index (χ0n) is 10.6. The standard InChI is InChI=1S/C10H12N2O3.C2H6/c1-3-11(8(2)13)9-4-6-10(7-5-9)12(14)15;1-2/h4-7H,3H2,1-2H3;1-2H3. The number of hydrogen-bond acceptors (Lipinski definition) is 3. The van der Waals surface area contributed by atoms with Crippen molar-refractivity contribution in [2.75, 3.05) is 11.4 Å². The van der Waals surface area contributed by atoms with E-state index in [0.717, 1.165) is 0 Å². The van der Waals surface area contributed by atoms with Crippen LogP contribution in [0.25, 0.3) is 0 Å². The van der Waals surface area contributed by atoms with Crippen molar-refractivity contribution in [1.82, 2.24) is 0 Å². The zero-order valence-corrected chi connectivity index (χ0v) is 10.6. The lowest BCUT2D eigenvalue weighted by Gasteiger charge is -2.18. The fourth-order valence-corrected chi connectivity index (χ4v) is 1.34. The fourth-order valence-electron chi connectivity index (χ4n) is 1.34. The molecule has 0 atom stereocenters. The number of carbonyl (C=O) groups excluding carboxylic acids is 1. The molecule has 0 saturated carbocycles. The Morgan fingerprint density at radius 2 is 1.76 bits per heavy atom. The molecule has 1 aromatic carbocycles. The van der Waals surface area contributed by atoms with Crippen LogP contribution in [0.4, 0.5) is 11.4 Å². The average molecular weight is 238 g/mol. The molecule has 5 nitrogen and oxygen atoms in total. The van der Waals surface area contributed by atoms with Crippen molar-refractivity contribution in [3.05, 3.63) is 34.4 Å². The van der Waals surface area contributed by atoms with Crippen molar-refractivity contribution < 1.29 is 9.72 Å². The van der Waals surface area contributed by atoms with Crippen LogP contribution in [0, 0.1) is 10.1 Å². The second-order valence-corrected chi connectivity index (χ2v) is 3.04. The van der Waals surface area contributed by atoms with E-state index in [1.807, 2.05) is 20.8 Å². The summed E-state index contributed by atoms with van der Waals surface area (Å²) < 4.78 is 0. The topological polar surface area (TPSA) is 63.5 Å². The molecule has 17 heavy (non-hydrogen) atoms. The van der Waals surface area contributed by atoms with Gasteiger partial charge in [-0.2, -0.15) is 0 Å². The quantitative estimate of drug-likeness (QED) is 0.600. The van der Waals surface area contributed by atoms with Gasteiger partial charge in [0, 0.05) is 31.3 Å². The SMILES string of the molecule is CC.CCN(C(C)=O)c1ccc([N+](=O)[O-])cc1. The molecule has 1 rings (SSSR count). The Labute approximate surface area is 101 Å². The van der Waals surface area contributed by atoms with Crippen LogP contribution in [-0.4, -0.2) is 17.4 Å². The second-order valence-electron chi connectivity index (χ2n) is 3.04. The smallest absolute Gasteiger partial charge is 0.269 e. The number of amides is 1. The summed E-state index contributed by atoms with van der Waals surface area (Å²) in [5, 5.41) is 10.4. The fraction of sp³-hybridized carbons (Fsp3) is 0.417. The molecule has 0 aliphatic carbocycles. The maximum Gasteiger partial charge on any atom is 0.269 e. The van der Waals surface area contributed by atoms with Crippen LogP contribution in [0.5, 0.6) is 0 Å². The van der Waals surface area contributed by atoms with Gasteiger partial charge in [-0.05, 0) is 19.1 Å². The van der Waals surface area contributed by atoms with Crippen LogP contribution in [0.3, 0.4) is 0 Å². The molecule has 0 saturated heterocycles. The Hall–Kier alpha value is -1.91. The Kier molecular flexibility index (Phi) is 6.55. The number of nitro benzene ring substituents is 1. The molecule has 0 aromatic heterocycles. The van der Waals surface area contributed by atoms with E-state index in [2.05, 4.69) is 0 Å². The Balaban J connectivity index is 0.00000121. The molecule has 0 unspecified atom stereocenters. The van der Waals surface area contributed by atoms with E-state index in [9.17, 15) is 14.9 Å². The lowest BCUT2D eigenvalue weighted by atomic mass is 10.2. The summed E-state index contributed by atoms with van der Waals surface area (Å²) in [6.07, 6.45) is 0. The predicted octanol–water partition coefficient (Wildman–Crippen LogP) is 2.99. The van der Waals surface area contributed by atoms with E-state index >= 15 is 0 Å². The largest absolute Gasteiger partial charge is 0.313 e. The van der Waals surface area contributed by atoms with E-state index < -0.39 is 4.92 Å². The molecule has 5 heteroatoms. The summed E-state index contributed by atoms with van der Waals surface area (Å²) >= 11 is 0. The summed E-state index contributed by atoms with van der Waals surface area (Å²) in [6, 6.07) is 5.92. The Morgan fingerprint density at radius 1 is 1.29 bits per heavy atom. The highest BCUT2D eigenvalue weighted by Gasteiger charge is 2.10. The molecule has 0 N–H and O–H groups in total. The van der Waals surface area contributed by atoms with Gasteiger partial charge in [0.15, 0.2) is 0 Å². The van der Waals surface area contributed by atoms with Gasteiger partial charge in [0.25, 0.3) is 5.69 Å². The van der Waals surface area contributed by atoms with Crippen LogP contribution in [0.15, 0.2) is 24.3 Å². The summed E-state index contributed by atoms with van der Waals surface area (Å²) in [5.41, 5.74) is 0.703. The van der Waals surface area contributed by atoms with E-state index in [1.165, 1.54) is 19.1 Å². The number of non-ortho nitro benzene ring substituents is 1. The molecule has 0 fully saturated rings. The summed E-state index contributed by atoms with van der Waals surface area (Å²) in [7, 11) is 0. The third-order valence-electron chi connectivity index (χ3n) is 2.07. The van der Waals surface area contributed by atoms with Crippen molar-refractivity contribution in [1.29, 1.82) is 0 Å². The van der Waals surface area contributed by atoms with Gasteiger partial charge < -0.3 is 4.90 Å². The molecule has 0 spiro atoms. The molecule has 94 valence electrons. The number of carbonyl (C=O) groups is 1. The lowest BCUT2D eigenvalue weighted by Crippen LogP contribution is -2.27. The van der Waals surface area contributed by atoms with Crippen LogP contribution < -0.4 is 4.90 Å². The first kappa shape index (κ1) is 15.1. The molecule has 0 aliphatic rings. The third kappa shape index (κ3) is 4.22. The van der Waals surface area contributed by atoms with Crippen LogP contribution in [0.1, 0.15) is 27.7 Å². The van der Waals surface area contributed by atoms with Crippen LogP contribution in [0.2, 0.25) is 0 Å². The number of hydrogen-bond donors (Lipinski definition) is 0. The number of benzene rings is 1. The minimum atomic E-state index is -0.464. The van der Waals surface area contributed by atoms with Gasteiger partial charge in [-0.15, -0.1) is 0 Å². The monoisotopic (exact) mass is 238 g/mol. The van der Waals surface area contributed by atoms with Gasteiger partial charge in [-0.1, -0.05) is 13.8 Å². The first-order chi connectivity index (χ1) is 8.06. The highest BCUT2D eigenvalue weighted by Crippen LogP contribution is 2.19. The highest BCUT2D eigenvalue weighted by molar-refractivity contribution is 5.91. The molecule has 0 heterocycles. The van der Waals surface area contributed by atoms with E-state index in [1.54, 1.807) is 17.0 Å². The molecule has 1 amide bonds. The van der Waals surface area contributed by atoms with Crippen LogP contribution in [-0.2, 0) is 4.79 Å². The van der Waals surface area contributed by atoms with Gasteiger partial charge in [0.2, 0.25) is 5.91 Å². The van der Waals surface area contributed by atoms with E-state index in [0.29, 0.717) is 12.2 Å².